The Labute approximate surface area is 125 Å². The molecule has 1 aromatic heterocycles. The average molecular weight is 293 g/mol. The van der Waals surface area contributed by atoms with E-state index >= 15 is 0 Å². The number of ether oxygens (including phenoxy) is 1. The van der Waals surface area contributed by atoms with Crippen LogP contribution in [0.3, 0.4) is 0 Å². The van der Waals surface area contributed by atoms with Gasteiger partial charge in [0, 0.05) is 6.04 Å². The third kappa shape index (κ3) is 3.86. The first-order chi connectivity index (χ1) is 9.99. The maximum absolute atomic E-state index is 12.1. The lowest BCUT2D eigenvalue weighted by Crippen LogP contribution is -2.46. The van der Waals surface area contributed by atoms with Gasteiger partial charge < -0.3 is 14.5 Å². The predicted octanol–water partition coefficient (Wildman–Crippen LogP) is 2.83. The molecule has 0 unspecified atom stereocenters. The van der Waals surface area contributed by atoms with E-state index in [1.165, 1.54) is 12.7 Å². The summed E-state index contributed by atoms with van der Waals surface area (Å²) in [5.41, 5.74) is 0.362. The fourth-order valence-electron chi connectivity index (χ4n) is 2.71. The lowest BCUT2D eigenvalue weighted by atomic mass is 9.86. The van der Waals surface area contributed by atoms with Crippen molar-refractivity contribution >= 4 is 11.9 Å². The van der Waals surface area contributed by atoms with Gasteiger partial charge in [0.2, 0.25) is 0 Å². The molecule has 0 radical (unpaired) electrons. The molecule has 1 aliphatic carbocycles. The van der Waals surface area contributed by atoms with E-state index < -0.39 is 12.1 Å². The number of hydrogen-bond acceptors (Lipinski definition) is 4. The molecule has 0 spiro atoms. The molecule has 1 aromatic rings. The summed E-state index contributed by atoms with van der Waals surface area (Å²) in [6.07, 6.45) is 5.11. The molecule has 116 valence electrons. The van der Waals surface area contributed by atoms with Crippen LogP contribution in [-0.2, 0) is 9.53 Å². The summed E-state index contributed by atoms with van der Waals surface area (Å²) in [6.45, 7) is 5.43. The Morgan fingerprint density at radius 1 is 1.38 bits per heavy atom. The van der Waals surface area contributed by atoms with E-state index in [0.717, 1.165) is 19.3 Å². The Kier molecular flexibility index (Phi) is 5.04. The van der Waals surface area contributed by atoms with Crippen molar-refractivity contribution in [2.75, 3.05) is 0 Å². The summed E-state index contributed by atoms with van der Waals surface area (Å²) < 4.78 is 10.3. The molecule has 5 heteroatoms. The molecule has 21 heavy (non-hydrogen) atoms. The first kappa shape index (κ1) is 15.6. The summed E-state index contributed by atoms with van der Waals surface area (Å²) in [6, 6.07) is 1.73. The zero-order valence-electron chi connectivity index (χ0n) is 12.8. The van der Waals surface area contributed by atoms with E-state index in [1.54, 1.807) is 19.9 Å². The Bertz CT molecular complexity index is 508. The van der Waals surface area contributed by atoms with Crippen LogP contribution in [0.2, 0.25) is 0 Å². The van der Waals surface area contributed by atoms with Crippen molar-refractivity contribution in [3.05, 3.63) is 23.7 Å². The van der Waals surface area contributed by atoms with Crippen molar-refractivity contribution in [2.45, 2.75) is 58.6 Å². The standard InChI is InChI=1S/C16H23NO4/c1-10-6-4-5-7-14(10)17-15(18)12(3)21-16(19)13-8-9-20-11(13)2/h8-10,12,14H,4-7H2,1-3H3,(H,17,18)/t10-,12-,14-/m0/s1. The van der Waals surface area contributed by atoms with Crippen LogP contribution in [0.5, 0.6) is 0 Å². The van der Waals surface area contributed by atoms with Crippen LogP contribution >= 0.6 is 0 Å². The van der Waals surface area contributed by atoms with Crippen LogP contribution < -0.4 is 5.32 Å². The molecule has 0 saturated heterocycles. The second-order valence-electron chi connectivity index (χ2n) is 5.81. The fraction of sp³-hybridized carbons (Fsp3) is 0.625. The Balaban J connectivity index is 1.87. The molecular formula is C16H23NO4. The van der Waals surface area contributed by atoms with E-state index in [1.807, 2.05) is 0 Å². The lowest BCUT2D eigenvalue weighted by Gasteiger charge is -2.30. The molecule has 1 fully saturated rings. The van der Waals surface area contributed by atoms with Crippen LogP contribution in [-0.4, -0.2) is 24.0 Å². The van der Waals surface area contributed by atoms with Gasteiger partial charge in [0.1, 0.15) is 11.3 Å². The molecule has 2 rings (SSSR count). The zero-order chi connectivity index (χ0) is 15.4. The third-order valence-corrected chi connectivity index (χ3v) is 4.17. The normalized spacial score (nSPS) is 23.4. The SMILES string of the molecule is Cc1occc1C(=O)O[C@@H](C)C(=O)N[C@H]1CCCC[C@@H]1C. The molecule has 3 atom stereocenters. The van der Waals surface area contributed by atoms with Gasteiger partial charge in [-0.3, -0.25) is 4.79 Å². The predicted molar refractivity (Wildman–Crippen MR) is 77.9 cm³/mol. The van der Waals surface area contributed by atoms with Gasteiger partial charge in [-0.1, -0.05) is 19.8 Å². The number of carbonyl (C=O) groups is 2. The number of esters is 1. The number of nitrogens with one attached hydrogen (secondary N) is 1. The van der Waals surface area contributed by atoms with Crippen LogP contribution in [0.25, 0.3) is 0 Å². The summed E-state index contributed by atoms with van der Waals surface area (Å²) >= 11 is 0. The van der Waals surface area contributed by atoms with Crippen molar-refractivity contribution < 1.29 is 18.7 Å². The van der Waals surface area contributed by atoms with Gasteiger partial charge in [0.05, 0.1) is 6.26 Å². The maximum Gasteiger partial charge on any atom is 0.342 e. The van der Waals surface area contributed by atoms with Crippen molar-refractivity contribution in [1.82, 2.24) is 5.32 Å². The highest BCUT2D eigenvalue weighted by Gasteiger charge is 2.27. The molecule has 0 aromatic carbocycles. The number of hydrogen-bond donors (Lipinski definition) is 1. The van der Waals surface area contributed by atoms with Crippen molar-refractivity contribution in [1.29, 1.82) is 0 Å². The minimum atomic E-state index is -0.805. The minimum Gasteiger partial charge on any atom is -0.469 e. The van der Waals surface area contributed by atoms with Gasteiger partial charge >= 0.3 is 5.97 Å². The number of rotatable bonds is 4. The van der Waals surface area contributed by atoms with Gasteiger partial charge in [-0.05, 0) is 38.7 Å². The lowest BCUT2D eigenvalue weighted by molar-refractivity contribution is -0.130. The number of aryl methyl sites for hydroxylation is 1. The van der Waals surface area contributed by atoms with Gasteiger partial charge in [0.25, 0.3) is 5.91 Å². The van der Waals surface area contributed by atoms with Crippen LogP contribution in [0.15, 0.2) is 16.7 Å². The molecule has 1 aliphatic rings. The van der Waals surface area contributed by atoms with Crippen molar-refractivity contribution in [3.8, 4) is 0 Å². The highest BCUT2D eigenvalue weighted by Crippen LogP contribution is 2.23. The van der Waals surface area contributed by atoms with Gasteiger partial charge in [0.15, 0.2) is 6.10 Å². The smallest absolute Gasteiger partial charge is 0.342 e. The minimum absolute atomic E-state index is 0.183. The zero-order valence-corrected chi connectivity index (χ0v) is 12.8. The molecule has 1 N–H and O–H groups in total. The van der Waals surface area contributed by atoms with Crippen LogP contribution in [0.4, 0.5) is 0 Å². The topological polar surface area (TPSA) is 68.5 Å². The van der Waals surface area contributed by atoms with Crippen molar-refractivity contribution in [3.63, 3.8) is 0 Å². The monoisotopic (exact) mass is 293 g/mol. The van der Waals surface area contributed by atoms with E-state index in [0.29, 0.717) is 17.2 Å². The molecule has 0 bridgehead atoms. The van der Waals surface area contributed by atoms with Crippen LogP contribution in [0, 0.1) is 12.8 Å². The first-order valence-electron chi connectivity index (χ1n) is 7.54. The average Bonchev–Trinajstić information content (AvgIpc) is 2.87. The third-order valence-electron chi connectivity index (χ3n) is 4.17. The Hall–Kier alpha value is -1.78. The largest absolute Gasteiger partial charge is 0.469 e. The number of carbonyl (C=O) groups excluding carboxylic acids is 2. The number of furan rings is 1. The second-order valence-corrected chi connectivity index (χ2v) is 5.81. The van der Waals surface area contributed by atoms with Gasteiger partial charge in [-0.15, -0.1) is 0 Å². The van der Waals surface area contributed by atoms with Crippen LogP contribution in [0.1, 0.15) is 55.6 Å². The van der Waals surface area contributed by atoms with E-state index in [9.17, 15) is 9.59 Å². The van der Waals surface area contributed by atoms with E-state index in [2.05, 4.69) is 12.2 Å². The molecule has 1 amide bonds. The molecule has 1 heterocycles. The van der Waals surface area contributed by atoms with Gasteiger partial charge in [-0.25, -0.2) is 4.79 Å². The molecule has 1 saturated carbocycles. The first-order valence-corrected chi connectivity index (χ1v) is 7.54. The summed E-state index contributed by atoms with van der Waals surface area (Å²) in [5.74, 6) is 0.207. The summed E-state index contributed by atoms with van der Waals surface area (Å²) in [4.78, 5) is 24.1. The second kappa shape index (κ2) is 6.78. The van der Waals surface area contributed by atoms with Gasteiger partial charge in [-0.2, -0.15) is 0 Å². The molecule has 0 aliphatic heterocycles. The summed E-state index contributed by atoms with van der Waals surface area (Å²) in [7, 11) is 0. The highest BCUT2D eigenvalue weighted by atomic mass is 16.5. The van der Waals surface area contributed by atoms with E-state index in [4.69, 9.17) is 9.15 Å². The number of amides is 1. The Morgan fingerprint density at radius 3 is 2.71 bits per heavy atom. The fourth-order valence-corrected chi connectivity index (χ4v) is 2.71. The molecular weight excluding hydrogens is 270 g/mol. The van der Waals surface area contributed by atoms with Crippen molar-refractivity contribution in [2.24, 2.45) is 5.92 Å². The quantitative estimate of drug-likeness (QED) is 0.867. The maximum atomic E-state index is 12.1. The highest BCUT2D eigenvalue weighted by molar-refractivity contribution is 5.92. The Morgan fingerprint density at radius 2 is 2.10 bits per heavy atom. The summed E-state index contributed by atoms with van der Waals surface area (Å²) in [5, 5.41) is 2.99. The molecule has 5 nitrogen and oxygen atoms in total. The van der Waals surface area contributed by atoms with E-state index in [-0.39, 0.29) is 11.9 Å².